The normalized spacial score (nSPS) is 31.0. The zero-order chi connectivity index (χ0) is 36.3. The molecule has 0 saturated heterocycles. The van der Waals surface area contributed by atoms with Crippen LogP contribution in [0, 0.1) is 35.5 Å². The summed E-state index contributed by atoms with van der Waals surface area (Å²) in [5.74, 6) is 4.70. The van der Waals surface area contributed by atoms with Gasteiger partial charge in [0, 0.05) is 39.0 Å². The topological polar surface area (TPSA) is 16.4 Å². The van der Waals surface area contributed by atoms with Crippen LogP contribution in [0.1, 0.15) is 86.5 Å². The molecule has 6 saturated carbocycles. The fourth-order valence-electron chi connectivity index (χ4n) is 15.3. The molecule has 6 aromatic carbocycles. The van der Waals surface area contributed by atoms with E-state index < -0.39 is 0 Å². The second kappa shape index (κ2) is 10.9. The zero-order valence-electron chi connectivity index (χ0n) is 32.0. The van der Waals surface area contributed by atoms with Crippen molar-refractivity contribution in [2.24, 2.45) is 35.5 Å². The maximum absolute atomic E-state index is 6.66. The highest BCUT2D eigenvalue weighted by Crippen LogP contribution is 2.70. The van der Waals surface area contributed by atoms with E-state index in [-0.39, 0.29) is 10.8 Å². The van der Waals surface area contributed by atoms with Crippen LogP contribution in [0.5, 0.6) is 0 Å². The van der Waals surface area contributed by atoms with Crippen LogP contribution in [0.4, 0.5) is 17.1 Å². The van der Waals surface area contributed by atoms with Crippen molar-refractivity contribution in [1.29, 1.82) is 0 Å². The van der Waals surface area contributed by atoms with Crippen molar-refractivity contribution in [2.75, 3.05) is 4.90 Å². The van der Waals surface area contributed by atoms with Crippen molar-refractivity contribution < 1.29 is 4.42 Å². The molecule has 56 heavy (non-hydrogen) atoms. The molecule has 0 aliphatic heterocycles. The largest absolute Gasteiger partial charge is 0.456 e. The van der Waals surface area contributed by atoms with Gasteiger partial charge >= 0.3 is 0 Å². The number of para-hydroxylation sites is 1. The summed E-state index contributed by atoms with van der Waals surface area (Å²) in [6.45, 7) is 0. The summed E-state index contributed by atoms with van der Waals surface area (Å²) < 4.78 is 6.66. The van der Waals surface area contributed by atoms with Crippen LogP contribution >= 0.6 is 0 Å². The number of nitrogens with zero attached hydrogens (tertiary/aromatic N) is 1. The average molecular weight is 726 g/mol. The lowest BCUT2D eigenvalue weighted by Crippen LogP contribution is -2.48. The Labute approximate surface area is 329 Å². The monoisotopic (exact) mass is 725 g/mol. The number of fused-ring (bicyclic) bond motifs is 15. The lowest BCUT2D eigenvalue weighted by Gasteiger charge is -2.53. The van der Waals surface area contributed by atoms with Gasteiger partial charge in [0.25, 0.3) is 0 Å². The van der Waals surface area contributed by atoms with Crippen LogP contribution in [0.25, 0.3) is 44.2 Å². The van der Waals surface area contributed by atoms with Gasteiger partial charge < -0.3 is 9.32 Å². The highest BCUT2D eigenvalue weighted by atomic mass is 16.3. The number of hydrogen-bond acceptors (Lipinski definition) is 2. The van der Waals surface area contributed by atoms with Crippen molar-refractivity contribution in [3.8, 4) is 22.3 Å². The highest BCUT2D eigenvalue weighted by Gasteiger charge is 2.61. The van der Waals surface area contributed by atoms with Crippen molar-refractivity contribution >= 4 is 39.0 Å². The molecule has 0 radical (unpaired) electrons. The molecule has 274 valence electrons. The highest BCUT2D eigenvalue weighted by molar-refractivity contribution is 6.06. The fourth-order valence-corrected chi connectivity index (χ4v) is 15.3. The molecule has 0 amide bonds. The number of rotatable bonds is 3. The third-order valence-corrected chi connectivity index (χ3v) is 17.0. The third-order valence-electron chi connectivity index (χ3n) is 17.0. The van der Waals surface area contributed by atoms with Gasteiger partial charge in [0.2, 0.25) is 0 Å². The fraction of sp³-hybridized carbons (Fsp3) is 0.333. The molecule has 0 N–H and O–H groups in total. The number of hydrogen-bond donors (Lipinski definition) is 0. The predicted molar refractivity (Wildman–Crippen MR) is 228 cm³/mol. The number of anilines is 3. The van der Waals surface area contributed by atoms with Crippen molar-refractivity contribution in [3.05, 3.63) is 150 Å². The standard InChI is InChI=1S/C54H47NO/c1-4-12-46-40(8-1)42-22-20-38(29-48(42)53(46)31-33-17-18-35(53)26-33)55(39-21-23-44-43-10-3-6-15-50(43)56-51(44)30-39)49-14-7-11-45-41-9-2-5-13-47(41)54(52(45)49)36-19-16-32-24-34(27-36)28-37(54)25-32/h1-15,20-23,29-30,32-37H,16-19,24-28,31H2. The van der Waals surface area contributed by atoms with E-state index in [1.807, 2.05) is 0 Å². The maximum atomic E-state index is 6.66. The Morgan fingerprint density at radius 3 is 2.04 bits per heavy atom. The van der Waals surface area contributed by atoms with E-state index in [2.05, 4.69) is 132 Å². The molecule has 1 heterocycles. The lowest BCUT2D eigenvalue weighted by molar-refractivity contribution is 0.0621. The van der Waals surface area contributed by atoms with Crippen molar-refractivity contribution in [2.45, 2.75) is 75.0 Å². The van der Waals surface area contributed by atoms with Crippen LogP contribution in [-0.2, 0) is 10.8 Å². The van der Waals surface area contributed by atoms with E-state index in [9.17, 15) is 0 Å². The van der Waals surface area contributed by atoms with Gasteiger partial charge in [-0.2, -0.15) is 0 Å². The maximum Gasteiger partial charge on any atom is 0.137 e. The van der Waals surface area contributed by atoms with E-state index >= 15 is 0 Å². The molecule has 2 heteroatoms. The van der Waals surface area contributed by atoms with E-state index in [0.29, 0.717) is 11.8 Å². The molecule has 2 nitrogen and oxygen atoms in total. The van der Waals surface area contributed by atoms with E-state index in [1.54, 1.807) is 22.3 Å². The predicted octanol–water partition coefficient (Wildman–Crippen LogP) is 14.3. The summed E-state index contributed by atoms with van der Waals surface area (Å²) in [5, 5.41) is 2.38. The first-order chi connectivity index (χ1) is 27.7. The number of benzene rings is 6. The molecule has 6 fully saturated rings. The van der Waals surface area contributed by atoms with Crippen LogP contribution in [0.15, 0.2) is 132 Å². The summed E-state index contributed by atoms with van der Waals surface area (Å²) in [7, 11) is 0. The average Bonchev–Trinajstić information content (AvgIpc) is 4.03. The summed E-state index contributed by atoms with van der Waals surface area (Å²) in [4.78, 5) is 2.69. The first-order valence-electron chi connectivity index (χ1n) is 21.9. The molecule has 8 aliphatic carbocycles. The Morgan fingerprint density at radius 1 is 0.464 bits per heavy atom. The molecule has 8 atom stereocenters. The van der Waals surface area contributed by atoms with Gasteiger partial charge in [0.05, 0.1) is 5.69 Å². The van der Waals surface area contributed by atoms with Gasteiger partial charge in [0.15, 0.2) is 0 Å². The van der Waals surface area contributed by atoms with E-state index in [4.69, 9.17) is 4.42 Å². The van der Waals surface area contributed by atoms with Crippen LogP contribution < -0.4 is 4.90 Å². The summed E-state index contributed by atoms with van der Waals surface area (Å²) in [6.07, 6.45) is 13.8. The number of furan rings is 1. The Kier molecular flexibility index (Phi) is 6.02. The Balaban J connectivity index is 1.05. The van der Waals surface area contributed by atoms with Gasteiger partial charge in [-0.25, -0.2) is 0 Å². The molecule has 6 bridgehead atoms. The lowest BCUT2D eigenvalue weighted by atomic mass is 9.50. The zero-order valence-corrected chi connectivity index (χ0v) is 32.0. The van der Waals surface area contributed by atoms with Crippen molar-refractivity contribution in [3.63, 3.8) is 0 Å². The summed E-state index contributed by atoms with van der Waals surface area (Å²) in [5.41, 5.74) is 18.2. The third kappa shape index (κ3) is 3.76. The molecule has 7 aromatic rings. The molecule has 15 rings (SSSR count). The SMILES string of the molecule is c1ccc2c(c1)-c1ccc(N(c3ccc4c(c3)oc3ccccc34)c3cccc4c3C3(c5ccccc5-4)C4CCC5CC(C4)CC3C5)cc1C21CC2CCC1C2. The minimum atomic E-state index is 0.0364. The molecular formula is C54H47NO. The first-order valence-corrected chi connectivity index (χ1v) is 21.9. The van der Waals surface area contributed by atoms with Crippen LogP contribution in [-0.4, -0.2) is 0 Å². The van der Waals surface area contributed by atoms with Gasteiger partial charge in [-0.15, -0.1) is 0 Å². The van der Waals surface area contributed by atoms with Gasteiger partial charge in [-0.3, -0.25) is 0 Å². The van der Waals surface area contributed by atoms with Gasteiger partial charge in [-0.05, 0) is 168 Å². The van der Waals surface area contributed by atoms with Crippen molar-refractivity contribution in [1.82, 2.24) is 0 Å². The molecule has 8 aliphatic rings. The molecule has 1 aromatic heterocycles. The Bertz CT molecular complexity index is 2800. The summed E-state index contributed by atoms with van der Waals surface area (Å²) >= 11 is 0. The summed E-state index contributed by atoms with van der Waals surface area (Å²) in [6, 6.07) is 49.6. The van der Waals surface area contributed by atoms with Gasteiger partial charge in [-0.1, -0.05) is 97.8 Å². The van der Waals surface area contributed by atoms with Gasteiger partial charge in [0.1, 0.15) is 11.2 Å². The first kappa shape index (κ1) is 31.1. The second-order valence-corrected chi connectivity index (χ2v) is 19.2. The second-order valence-electron chi connectivity index (χ2n) is 19.2. The van der Waals surface area contributed by atoms with E-state index in [0.717, 1.165) is 34.8 Å². The Morgan fingerprint density at radius 2 is 1.14 bits per heavy atom. The smallest absolute Gasteiger partial charge is 0.137 e. The Hall–Kier alpha value is -5.08. The minimum absolute atomic E-state index is 0.0364. The van der Waals surface area contributed by atoms with Crippen LogP contribution in [0.2, 0.25) is 0 Å². The van der Waals surface area contributed by atoms with E-state index in [1.165, 1.54) is 114 Å². The molecule has 2 spiro atoms. The molecule has 8 unspecified atom stereocenters. The quantitative estimate of drug-likeness (QED) is 0.180. The minimum Gasteiger partial charge on any atom is -0.456 e. The van der Waals surface area contributed by atoms with Crippen LogP contribution in [0.3, 0.4) is 0 Å². The molecular weight excluding hydrogens is 679 g/mol.